The van der Waals surface area contributed by atoms with E-state index in [1.807, 2.05) is 6.07 Å². The number of pyridine rings is 1. The lowest BCUT2D eigenvalue weighted by atomic mass is 9.84. The maximum absolute atomic E-state index is 13.9. The van der Waals surface area contributed by atoms with Gasteiger partial charge in [0.2, 0.25) is 17.7 Å². The van der Waals surface area contributed by atoms with Gasteiger partial charge in [-0.2, -0.15) is 0 Å². The maximum Gasteiger partial charge on any atom is 0.308 e. The van der Waals surface area contributed by atoms with Crippen LogP contribution >= 0.6 is 39.0 Å². The van der Waals surface area contributed by atoms with E-state index in [9.17, 15) is 19.2 Å². The Bertz CT molecular complexity index is 1670. The SMILES string of the molecule is COc1ccc(NC(=O)Cn2c3c(sc2=O)C(c2cccnc2)C2C(=O)N(c4ccc(Br)cc4)C(=O)C2S3)cc1. The molecule has 12 heteroatoms. The second-order valence-corrected chi connectivity index (χ2v) is 12.3. The summed E-state index contributed by atoms with van der Waals surface area (Å²) in [6.45, 7) is -0.237. The van der Waals surface area contributed by atoms with E-state index >= 15 is 0 Å². The number of nitrogens with one attached hydrogen (secondary N) is 1. The van der Waals surface area contributed by atoms with Crippen LogP contribution in [0.2, 0.25) is 0 Å². The summed E-state index contributed by atoms with van der Waals surface area (Å²) >= 11 is 5.57. The molecule has 0 aliphatic carbocycles. The molecule has 0 bridgehead atoms. The first kappa shape index (κ1) is 26.5. The average Bonchev–Trinajstić information content (AvgIpc) is 3.40. The summed E-state index contributed by atoms with van der Waals surface area (Å²) in [6.07, 6.45) is 3.29. The second kappa shape index (κ2) is 10.7. The number of thiazole rings is 1. The summed E-state index contributed by atoms with van der Waals surface area (Å²) < 4.78 is 7.37. The first-order valence-electron chi connectivity index (χ1n) is 12.2. The third-order valence-electron chi connectivity index (χ3n) is 6.85. The number of hydrogen-bond acceptors (Lipinski definition) is 8. The third-order valence-corrected chi connectivity index (χ3v) is 9.99. The summed E-state index contributed by atoms with van der Waals surface area (Å²) in [5, 5.41) is 2.56. The molecule has 40 heavy (non-hydrogen) atoms. The number of anilines is 2. The molecule has 1 saturated heterocycles. The van der Waals surface area contributed by atoms with E-state index in [4.69, 9.17) is 4.74 Å². The number of benzene rings is 2. The topological polar surface area (TPSA) is 111 Å². The fourth-order valence-electron chi connectivity index (χ4n) is 5.04. The predicted molar refractivity (Wildman–Crippen MR) is 156 cm³/mol. The van der Waals surface area contributed by atoms with Crippen LogP contribution in [-0.4, -0.2) is 39.6 Å². The summed E-state index contributed by atoms with van der Waals surface area (Å²) in [5.74, 6) is -1.70. The summed E-state index contributed by atoms with van der Waals surface area (Å²) in [4.78, 5) is 59.6. The van der Waals surface area contributed by atoms with Crippen molar-refractivity contribution in [1.82, 2.24) is 9.55 Å². The van der Waals surface area contributed by atoms with E-state index < -0.39 is 17.1 Å². The Balaban J connectivity index is 1.37. The normalized spacial score (nSPS) is 19.8. The molecule has 1 N–H and O–H groups in total. The molecular weight excluding hydrogens is 616 g/mol. The van der Waals surface area contributed by atoms with Crippen molar-refractivity contribution < 1.29 is 19.1 Å². The van der Waals surface area contributed by atoms with Gasteiger partial charge in [0, 0.05) is 33.3 Å². The van der Waals surface area contributed by atoms with Crippen molar-refractivity contribution in [3.63, 3.8) is 0 Å². The highest BCUT2D eigenvalue weighted by Gasteiger charge is 2.56. The lowest BCUT2D eigenvalue weighted by molar-refractivity contribution is -0.122. The van der Waals surface area contributed by atoms with Gasteiger partial charge in [-0.15, -0.1) is 0 Å². The number of amides is 3. The number of aromatic nitrogens is 2. The molecule has 0 radical (unpaired) electrons. The molecule has 2 aliphatic heterocycles. The van der Waals surface area contributed by atoms with Crippen LogP contribution in [-0.2, 0) is 20.9 Å². The van der Waals surface area contributed by atoms with Crippen molar-refractivity contribution in [2.24, 2.45) is 5.92 Å². The highest BCUT2D eigenvalue weighted by atomic mass is 79.9. The summed E-state index contributed by atoms with van der Waals surface area (Å²) in [7, 11) is 1.56. The van der Waals surface area contributed by atoms with Crippen LogP contribution in [0.4, 0.5) is 11.4 Å². The van der Waals surface area contributed by atoms with Gasteiger partial charge in [0.25, 0.3) is 0 Å². The summed E-state index contributed by atoms with van der Waals surface area (Å²) in [6, 6.07) is 17.5. The highest BCUT2D eigenvalue weighted by Crippen LogP contribution is 2.53. The summed E-state index contributed by atoms with van der Waals surface area (Å²) in [5.41, 5.74) is 1.78. The van der Waals surface area contributed by atoms with Crippen molar-refractivity contribution in [2.45, 2.75) is 22.7 Å². The second-order valence-electron chi connectivity index (χ2n) is 9.22. The van der Waals surface area contributed by atoms with Gasteiger partial charge in [-0.3, -0.25) is 28.7 Å². The molecule has 202 valence electrons. The molecule has 9 nitrogen and oxygen atoms in total. The molecular formula is C28H21BrN4O5S2. The number of hydrogen-bond donors (Lipinski definition) is 1. The van der Waals surface area contributed by atoms with Gasteiger partial charge >= 0.3 is 4.87 Å². The van der Waals surface area contributed by atoms with Gasteiger partial charge < -0.3 is 10.1 Å². The minimum absolute atomic E-state index is 0.237. The van der Waals surface area contributed by atoms with E-state index in [2.05, 4.69) is 26.2 Å². The molecule has 3 atom stereocenters. The van der Waals surface area contributed by atoms with E-state index in [-0.39, 0.29) is 29.1 Å². The number of imide groups is 1. The Labute approximate surface area is 245 Å². The number of methoxy groups -OCH3 is 1. The molecule has 3 unspecified atom stereocenters. The fourth-order valence-corrected chi connectivity index (χ4v) is 8.08. The van der Waals surface area contributed by atoms with Gasteiger partial charge in [-0.25, -0.2) is 4.90 Å². The van der Waals surface area contributed by atoms with E-state index in [1.165, 1.54) is 21.2 Å². The Hall–Kier alpha value is -3.74. The van der Waals surface area contributed by atoms with Crippen molar-refractivity contribution in [1.29, 1.82) is 0 Å². The lowest BCUT2D eigenvalue weighted by Gasteiger charge is -2.30. The molecule has 4 heterocycles. The minimum Gasteiger partial charge on any atom is -0.497 e. The van der Waals surface area contributed by atoms with E-state index in [0.717, 1.165) is 21.4 Å². The molecule has 3 amide bonds. The van der Waals surface area contributed by atoms with Crippen LogP contribution in [0.1, 0.15) is 16.4 Å². The molecule has 0 saturated carbocycles. The van der Waals surface area contributed by atoms with Gasteiger partial charge in [0.1, 0.15) is 17.5 Å². The Morgan fingerprint density at radius 2 is 1.80 bits per heavy atom. The Kier molecular flexibility index (Phi) is 7.07. The number of carbonyl (C=O) groups is 3. The van der Waals surface area contributed by atoms with Gasteiger partial charge in [0.15, 0.2) is 0 Å². The van der Waals surface area contributed by atoms with Crippen molar-refractivity contribution in [2.75, 3.05) is 17.3 Å². The smallest absolute Gasteiger partial charge is 0.308 e. The zero-order valence-corrected chi connectivity index (χ0v) is 24.2. The van der Waals surface area contributed by atoms with E-state index in [1.54, 1.807) is 74.1 Å². The average molecular weight is 638 g/mol. The largest absolute Gasteiger partial charge is 0.497 e. The fraction of sp³-hybridized carbons (Fsp3) is 0.179. The molecule has 2 aromatic heterocycles. The number of ether oxygens (including phenoxy) is 1. The number of thioether (sulfide) groups is 1. The molecule has 4 aromatic rings. The Morgan fingerprint density at radius 1 is 1.05 bits per heavy atom. The van der Waals surface area contributed by atoms with Gasteiger partial charge in [-0.1, -0.05) is 45.1 Å². The zero-order valence-electron chi connectivity index (χ0n) is 20.9. The van der Waals surface area contributed by atoms with E-state index in [0.29, 0.717) is 27.0 Å². The number of nitrogens with zero attached hydrogens (tertiary/aromatic N) is 3. The van der Waals surface area contributed by atoms with Crippen LogP contribution < -0.4 is 19.8 Å². The van der Waals surface area contributed by atoms with Crippen LogP contribution in [0, 0.1) is 5.92 Å². The quantitative estimate of drug-likeness (QED) is 0.310. The van der Waals surface area contributed by atoms with Crippen molar-refractivity contribution in [3.8, 4) is 5.75 Å². The van der Waals surface area contributed by atoms with Gasteiger partial charge in [-0.05, 0) is 60.2 Å². The maximum atomic E-state index is 13.9. The minimum atomic E-state index is -0.765. The first-order chi connectivity index (χ1) is 19.4. The molecule has 2 aliphatic rings. The predicted octanol–water partition coefficient (Wildman–Crippen LogP) is 4.51. The Morgan fingerprint density at radius 3 is 2.48 bits per heavy atom. The van der Waals surface area contributed by atoms with Crippen molar-refractivity contribution in [3.05, 3.63) is 97.6 Å². The molecule has 0 spiro atoms. The molecule has 6 rings (SSSR count). The molecule has 2 aromatic carbocycles. The number of rotatable bonds is 6. The highest BCUT2D eigenvalue weighted by molar-refractivity contribution is 9.10. The number of halogens is 1. The molecule has 1 fully saturated rings. The first-order valence-corrected chi connectivity index (χ1v) is 14.7. The number of carbonyl (C=O) groups excluding carboxylic acids is 3. The van der Waals surface area contributed by atoms with Crippen LogP contribution in [0.25, 0.3) is 0 Å². The van der Waals surface area contributed by atoms with Crippen molar-refractivity contribution >= 4 is 68.1 Å². The number of fused-ring (bicyclic) bond motifs is 2. The van der Waals surface area contributed by atoms with Crippen LogP contribution in [0.15, 0.2) is 87.4 Å². The lowest BCUT2D eigenvalue weighted by Crippen LogP contribution is -2.33. The van der Waals surface area contributed by atoms with Crippen LogP contribution in [0.5, 0.6) is 5.75 Å². The third kappa shape index (κ3) is 4.65. The van der Waals surface area contributed by atoms with Crippen LogP contribution in [0.3, 0.4) is 0 Å². The monoisotopic (exact) mass is 636 g/mol. The van der Waals surface area contributed by atoms with Gasteiger partial charge in [0.05, 0.1) is 23.7 Å². The zero-order chi connectivity index (χ0) is 28.0. The standard InChI is InChI=1S/C28H21BrN4O5S2/c1-38-19-10-6-17(7-11-19)31-20(34)14-32-27-24(40-28(32)37)21(15-3-2-12-30-13-15)22-23(39-27)26(36)33(25(22)35)18-8-4-16(29)5-9-18/h2-13,21-23H,14H2,1H3,(H,31,34).